The van der Waals surface area contributed by atoms with Gasteiger partial charge in [0.1, 0.15) is 6.04 Å². The summed E-state index contributed by atoms with van der Waals surface area (Å²) in [5, 5.41) is 16.3. The van der Waals surface area contributed by atoms with E-state index in [2.05, 4.69) is 10.6 Å². The van der Waals surface area contributed by atoms with E-state index in [1.807, 2.05) is 81.5 Å². The van der Waals surface area contributed by atoms with E-state index < -0.39 is 29.8 Å². The van der Waals surface area contributed by atoms with Gasteiger partial charge in [-0.1, -0.05) is 67.6 Å². The van der Waals surface area contributed by atoms with Gasteiger partial charge >= 0.3 is 0 Å². The van der Waals surface area contributed by atoms with Gasteiger partial charge in [0.25, 0.3) is 0 Å². The van der Waals surface area contributed by atoms with Crippen molar-refractivity contribution in [2.24, 2.45) is 23.7 Å². The van der Waals surface area contributed by atoms with Crippen LogP contribution in [0.25, 0.3) is 0 Å². The van der Waals surface area contributed by atoms with Gasteiger partial charge in [-0.15, -0.1) is 0 Å². The van der Waals surface area contributed by atoms with Gasteiger partial charge in [0.15, 0.2) is 0 Å². The van der Waals surface area contributed by atoms with Gasteiger partial charge in [-0.05, 0) is 42.9 Å². The number of carbonyl (C=O) groups is 3. The Balaban J connectivity index is 1.82. The summed E-state index contributed by atoms with van der Waals surface area (Å²) >= 11 is 0. The lowest BCUT2D eigenvalue weighted by atomic mass is 9.69. The number of rotatable bonds is 7. The molecule has 4 rings (SSSR count). The number of aryl methyl sites for hydroxylation is 2. The summed E-state index contributed by atoms with van der Waals surface area (Å²) in [5.74, 6) is -2.68. The summed E-state index contributed by atoms with van der Waals surface area (Å²) in [7, 11) is 1.57. The highest BCUT2D eigenvalue weighted by Gasteiger charge is 2.58. The number of hydrogen-bond acceptors (Lipinski definition) is 4. The van der Waals surface area contributed by atoms with Crippen molar-refractivity contribution >= 4 is 23.4 Å². The highest BCUT2D eigenvalue weighted by molar-refractivity contribution is 6.02. The molecular formula is C29H35N3O4. The molecule has 3 N–H and O–H groups in total. The lowest BCUT2D eigenvalue weighted by molar-refractivity contribution is -0.143. The zero-order valence-electron chi connectivity index (χ0n) is 21.3. The predicted octanol–water partition coefficient (Wildman–Crippen LogP) is 3.38. The van der Waals surface area contributed by atoms with Crippen LogP contribution in [0.5, 0.6) is 0 Å². The Bertz CT molecular complexity index is 1140. The lowest BCUT2D eigenvalue weighted by Gasteiger charge is -2.34. The molecule has 1 fully saturated rings. The van der Waals surface area contributed by atoms with E-state index in [4.69, 9.17) is 0 Å². The molecule has 0 saturated carbocycles. The Kier molecular flexibility index (Phi) is 7.59. The van der Waals surface area contributed by atoms with Crippen LogP contribution in [-0.4, -0.2) is 47.4 Å². The quantitative estimate of drug-likeness (QED) is 0.520. The lowest BCUT2D eigenvalue weighted by Crippen LogP contribution is -2.47. The van der Waals surface area contributed by atoms with Crippen LogP contribution in [0.2, 0.25) is 0 Å². The van der Waals surface area contributed by atoms with Crippen LogP contribution in [0.4, 0.5) is 5.69 Å². The van der Waals surface area contributed by atoms with Crippen LogP contribution in [0.1, 0.15) is 36.1 Å². The molecule has 0 aromatic heterocycles. The molecule has 0 unspecified atom stereocenters. The Labute approximate surface area is 212 Å². The Morgan fingerprint density at radius 3 is 2.25 bits per heavy atom. The maximum Gasteiger partial charge on any atom is 0.247 e. The van der Waals surface area contributed by atoms with Gasteiger partial charge in [0.2, 0.25) is 17.7 Å². The van der Waals surface area contributed by atoms with Gasteiger partial charge < -0.3 is 20.6 Å². The van der Waals surface area contributed by atoms with Crippen molar-refractivity contribution in [3.05, 3.63) is 77.4 Å². The minimum atomic E-state index is -0.875. The zero-order valence-corrected chi connectivity index (χ0v) is 21.3. The molecule has 2 aromatic rings. The number of nitrogens with one attached hydrogen (secondary N) is 2. The van der Waals surface area contributed by atoms with Crippen molar-refractivity contribution in [3.8, 4) is 0 Å². The van der Waals surface area contributed by atoms with E-state index in [9.17, 15) is 19.5 Å². The van der Waals surface area contributed by atoms with Crippen LogP contribution >= 0.6 is 0 Å². The number of hydrogen-bond donors (Lipinski definition) is 3. The van der Waals surface area contributed by atoms with Crippen molar-refractivity contribution in [1.82, 2.24) is 10.2 Å². The highest BCUT2D eigenvalue weighted by atomic mass is 16.3. The minimum Gasteiger partial charge on any atom is -0.394 e. The first-order valence-corrected chi connectivity index (χ1v) is 12.6. The molecule has 0 spiro atoms. The first-order chi connectivity index (χ1) is 17.3. The molecule has 1 heterocycles. The minimum absolute atomic E-state index is 0.110. The largest absolute Gasteiger partial charge is 0.394 e. The smallest absolute Gasteiger partial charge is 0.247 e. The molecule has 2 aromatic carbocycles. The Hall–Kier alpha value is -3.45. The number of likely N-dealkylation sites (tertiary alicyclic amines) is 1. The van der Waals surface area contributed by atoms with E-state index in [0.717, 1.165) is 16.7 Å². The van der Waals surface area contributed by atoms with Crippen LogP contribution in [0.15, 0.2) is 60.7 Å². The zero-order chi connectivity index (χ0) is 26.0. The standard InChI is InChI=1S/C29H35N3O4/c1-5-19-14-15-21-24(23(19)27(34)30-4)29(36)32(22(16-33)20-12-7-6-8-13-20)26(21)28(35)31-25-17(2)10-9-11-18(25)3/h6-15,19,21-24,26,33H,5,16H2,1-4H3,(H,30,34)(H,31,35)/t19-,21+,22-,23-,24+,26+/m1/s1. The predicted molar refractivity (Wildman–Crippen MR) is 139 cm³/mol. The molecule has 36 heavy (non-hydrogen) atoms. The molecule has 6 atom stereocenters. The molecule has 3 amide bonds. The molecule has 0 radical (unpaired) electrons. The van der Waals surface area contributed by atoms with Gasteiger partial charge in [0, 0.05) is 18.7 Å². The molecule has 1 aliphatic heterocycles. The van der Waals surface area contributed by atoms with Crippen molar-refractivity contribution in [2.75, 3.05) is 19.0 Å². The van der Waals surface area contributed by atoms with Gasteiger partial charge in [0.05, 0.1) is 24.5 Å². The van der Waals surface area contributed by atoms with E-state index in [-0.39, 0.29) is 30.2 Å². The molecule has 2 aliphatic rings. The normalized spacial score (nSPS) is 25.9. The molecule has 0 bridgehead atoms. The molecule has 1 saturated heterocycles. The Morgan fingerprint density at radius 2 is 1.67 bits per heavy atom. The van der Waals surface area contributed by atoms with Crippen molar-refractivity contribution in [3.63, 3.8) is 0 Å². The number of benzene rings is 2. The fourth-order valence-electron chi connectivity index (χ4n) is 5.93. The summed E-state index contributed by atoms with van der Waals surface area (Å²) in [6.07, 6.45) is 4.62. The van der Waals surface area contributed by atoms with Gasteiger partial charge in [-0.25, -0.2) is 0 Å². The molecule has 190 valence electrons. The van der Waals surface area contributed by atoms with Crippen molar-refractivity contribution in [2.45, 2.75) is 39.3 Å². The van der Waals surface area contributed by atoms with Gasteiger partial charge in [-0.3, -0.25) is 14.4 Å². The number of para-hydroxylation sites is 1. The number of nitrogens with zero attached hydrogens (tertiary/aromatic N) is 1. The number of aliphatic hydroxyl groups is 1. The van der Waals surface area contributed by atoms with E-state index in [1.54, 1.807) is 7.05 Å². The van der Waals surface area contributed by atoms with E-state index in [1.165, 1.54) is 4.90 Å². The summed E-state index contributed by atoms with van der Waals surface area (Å²) in [4.78, 5) is 42.6. The number of aliphatic hydroxyl groups excluding tert-OH is 1. The molecule has 7 heteroatoms. The van der Waals surface area contributed by atoms with Crippen LogP contribution in [0, 0.1) is 37.5 Å². The number of anilines is 1. The summed E-state index contributed by atoms with van der Waals surface area (Å²) < 4.78 is 0. The molecule has 7 nitrogen and oxygen atoms in total. The number of allylic oxidation sites excluding steroid dienone is 1. The summed E-state index contributed by atoms with van der Waals surface area (Å²) in [6.45, 7) is 5.51. The average Bonchev–Trinajstić information content (AvgIpc) is 3.18. The third kappa shape index (κ3) is 4.44. The number of fused-ring (bicyclic) bond motifs is 1. The molecule has 1 aliphatic carbocycles. The third-order valence-electron chi connectivity index (χ3n) is 7.76. The Morgan fingerprint density at radius 1 is 1.00 bits per heavy atom. The summed E-state index contributed by atoms with van der Waals surface area (Å²) in [5.41, 5.74) is 3.30. The first kappa shape index (κ1) is 25.6. The molecular weight excluding hydrogens is 454 g/mol. The SMILES string of the molecule is CC[C@@H]1C=C[C@H]2[C@H](C(=O)N([C@H](CO)c3ccccc3)[C@@H]2C(=O)Nc2c(C)cccc2C)[C@@H]1C(=O)NC. The number of carbonyl (C=O) groups excluding carboxylic acids is 3. The monoisotopic (exact) mass is 489 g/mol. The van der Waals surface area contributed by atoms with Crippen LogP contribution in [-0.2, 0) is 14.4 Å². The highest BCUT2D eigenvalue weighted by Crippen LogP contribution is 2.47. The summed E-state index contributed by atoms with van der Waals surface area (Å²) in [6, 6.07) is 13.4. The van der Waals surface area contributed by atoms with Gasteiger partial charge in [-0.2, -0.15) is 0 Å². The van der Waals surface area contributed by atoms with E-state index >= 15 is 0 Å². The fraction of sp³-hybridized carbons (Fsp3) is 0.414. The second-order valence-corrected chi connectivity index (χ2v) is 9.76. The van der Waals surface area contributed by atoms with Crippen LogP contribution in [0.3, 0.4) is 0 Å². The maximum absolute atomic E-state index is 14.1. The second kappa shape index (κ2) is 10.7. The average molecular weight is 490 g/mol. The maximum atomic E-state index is 14.1. The van der Waals surface area contributed by atoms with E-state index in [0.29, 0.717) is 12.1 Å². The topological polar surface area (TPSA) is 98.7 Å². The van der Waals surface area contributed by atoms with Crippen molar-refractivity contribution in [1.29, 1.82) is 0 Å². The number of amides is 3. The second-order valence-electron chi connectivity index (χ2n) is 9.76. The first-order valence-electron chi connectivity index (χ1n) is 12.6. The third-order valence-corrected chi connectivity index (χ3v) is 7.76. The van der Waals surface area contributed by atoms with Crippen molar-refractivity contribution < 1.29 is 19.5 Å². The van der Waals surface area contributed by atoms with Crippen LogP contribution < -0.4 is 10.6 Å². The fourth-order valence-corrected chi connectivity index (χ4v) is 5.93.